The Morgan fingerprint density at radius 3 is 1.44 bits per heavy atom. The zero-order valence-electron chi connectivity index (χ0n) is 41.1. The predicted molar refractivity (Wildman–Crippen MR) is 314 cm³/mol. The third kappa shape index (κ3) is 6.53. The Morgan fingerprint density at radius 2 is 0.747 bits per heavy atom. The standard InChI is InChI=1S/C73H48N2/c1-4-22-49(23-5-1)56-30-10-11-35-63(56)72-57(50-24-6-2-7-25-50)36-21-41-70(72)74(54-29-20-26-51(46-54)52-42-44-62-61-34-15-19-40-69(61)75(71(62)47-52)53-27-8-3-9-28-53)55-43-45-68-64(48-55)60-33-14-18-39-67(60)73(68)65-37-16-12-31-58(65)59-32-13-17-38-66(59)73/h1-48H. The lowest BCUT2D eigenvalue weighted by Gasteiger charge is -2.32. The Bertz CT molecular complexity index is 4310. The summed E-state index contributed by atoms with van der Waals surface area (Å²) in [5.74, 6) is 0. The largest absolute Gasteiger partial charge is 0.310 e. The molecule has 0 bridgehead atoms. The second kappa shape index (κ2) is 17.2. The summed E-state index contributed by atoms with van der Waals surface area (Å²) >= 11 is 0. The van der Waals surface area contributed by atoms with E-state index in [0.29, 0.717) is 0 Å². The van der Waals surface area contributed by atoms with Gasteiger partial charge in [-0.1, -0.05) is 237 Å². The van der Waals surface area contributed by atoms with Crippen LogP contribution in [0.15, 0.2) is 291 Å². The molecule has 0 saturated heterocycles. The van der Waals surface area contributed by atoms with Gasteiger partial charge in [-0.2, -0.15) is 0 Å². The molecule has 12 aromatic carbocycles. The van der Waals surface area contributed by atoms with Crippen molar-refractivity contribution in [1.29, 1.82) is 0 Å². The average molecular weight is 953 g/mol. The minimum Gasteiger partial charge on any atom is -0.310 e. The Morgan fingerprint density at radius 1 is 0.267 bits per heavy atom. The molecule has 2 heteroatoms. The van der Waals surface area contributed by atoms with Crippen molar-refractivity contribution in [3.05, 3.63) is 313 Å². The molecule has 15 rings (SSSR count). The highest BCUT2D eigenvalue weighted by Gasteiger charge is 2.51. The predicted octanol–water partition coefficient (Wildman–Crippen LogP) is 19.3. The van der Waals surface area contributed by atoms with Gasteiger partial charge in [-0.15, -0.1) is 0 Å². The van der Waals surface area contributed by atoms with Crippen molar-refractivity contribution in [2.24, 2.45) is 0 Å². The van der Waals surface area contributed by atoms with Crippen LogP contribution < -0.4 is 4.90 Å². The van der Waals surface area contributed by atoms with E-state index < -0.39 is 5.41 Å². The molecule has 13 aromatic rings. The smallest absolute Gasteiger partial charge is 0.0725 e. The molecular formula is C73H48N2. The number of hydrogen-bond donors (Lipinski definition) is 0. The first kappa shape index (κ1) is 42.9. The number of nitrogens with zero attached hydrogens (tertiary/aromatic N) is 2. The first-order valence-electron chi connectivity index (χ1n) is 26.0. The summed E-state index contributed by atoms with van der Waals surface area (Å²) in [6.45, 7) is 0. The van der Waals surface area contributed by atoms with Crippen LogP contribution in [0, 0.1) is 0 Å². The fourth-order valence-electron chi connectivity index (χ4n) is 12.9. The molecule has 0 N–H and O–H groups in total. The minimum absolute atomic E-state index is 0.448. The molecule has 2 aliphatic carbocycles. The molecule has 2 aliphatic rings. The van der Waals surface area contributed by atoms with Crippen molar-refractivity contribution < 1.29 is 0 Å². The number of rotatable bonds is 8. The molecule has 0 amide bonds. The van der Waals surface area contributed by atoms with E-state index in [1.165, 1.54) is 94.1 Å². The monoisotopic (exact) mass is 952 g/mol. The van der Waals surface area contributed by atoms with Crippen LogP contribution in [0.4, 0.5) is 17.1 Å². The van der Waals surface area contributed by atoms with Crippen molar-refractivity contribution in [1.82, 2.24) is 4.57 Å². The zero-order valence-corrected chi connectivity index (χ0v) is 41.1. The van der Waals surface area contributed by atoms with Gasteiger partial charge in [0.15, 0.2) is 0 Å². The van der Waals surface area contributed by atoms with Crippen molar-refractivity contribution in [2.45, 2.75) is 5.41 Å². The van der Waals surface area contributed by atoms with E-state index in [1.54, 1.807) is 0 Å². The lowest BCUT2D eigenvalue weighted by atomic mass is 9.70. The van der Waals surface area contributed by atoms with Crippen molar-refractivity contribution in [2.75, 3.05) is 4.90 Å². The van der Waals surface area contributed by atoms with Gasteiger partial charge in [0.1, 0.15) is 0 Å². The van der Waals surface area contributed by atoms with Gasteiger partial charge >= 0.3 is 0 Å². The molecule has 0 radical (unpaired) electrons. The Labute approximate surface area is 437 Å². The number of hydrogen-bond acceptors (Lipinski definition) is 1. The van der Waals surface area contributed by atoms with Crippen LogP contribution in [0.1, 0.15) is 22.3 Å². The van der Waals surface area contributed by atoms with E-state index >= 15 is 0 Å². The highest BCUT2D eigenvalue weighted by molar-refractivity contribution is 6.10. The van der Waals surface area contributed by atoms with Crippen molar-refractivity contribution in [3.63, 3.8) is 0 Å². The number of anilines is 3. The lowest BCUT2D eigenvalue weighted by molar-refractivity contribution is 0.794. The zero-order chi connectivity index (χ0) is 49.5. The summed E-state index contributed by atoms with van der Waals surface area (Å²) in [5, 5.41) is 2.48. The van der Waals surface area contributed by atoms with Crippen LogP contribution in [0.25, 0.3) is 94.3 Å². The van der Waals surface area contributed by atoms with Crippen LogP contribution >= 0.6 is 0 Å². The van der Waals surface area contributed by atoms with Gasteiger partial charge in [0.05, 0.1) is 22.1 Å². The van der Waals surface area contributed by atoms with Gasteiger partial charge in [-0.3, -0.25) is 0 Å². The topological polar surface area (TPSA) is 8.17 Å². The number of fused-ring (bicyclic) bond motifs is 13. The third-order valence-corrected chi connectivity index (χ3v) is 16.0. The van der Waals surface area contributed by atoms with E-state index in [2.05, 4.69) is 301 Å². The molecule has 0 unspecified atom stereocenters. The molecule has 0 atom stereocenters. The maximum Gasteiger partial charge on any atom is 0.0725 e. The summed E-state index contributed by atoms with van der Waals surface area (Å²) in [6, 6.07) is 108. The summed E-state index contributed by atoms with van der Waals surface area (Å²) in [7, 11) is 0. The van der Waals surface area contributed by atoms with Crippen molar-refractivity contribution in [3.8, 4) is 72.4 Å². The van der Waals surface area contributed by atoms with E-state index in [-0.39, 0.29) is 0 Å². The number of aromatic nitrogens is 1. The summed E-state index contributed by atoms with van der Waals surface area (Å²) < 4.78 is 2.41. The third-order valence-electron chi connectivity index (χ3n) is 16.0. The molecule has 0 aliphatic heterocycles. The number of benzene rings is 12. The lowest BCUT2D eigenvalue weighted by Crippen LogP contribution is -2.25. The second-order valence-corrected chi connectivity index (χ2v) is 19.9. The van der Waals surface area contributed by atoms with Gasteiger partial charge in [-0.25, -0.2) is 0 Å². The van der Waals surface area contributed by atoms with Crippen LogP contribution in [0.3, 0.4) is 0 Å². The molecule has 2 nitrogen and oxygen atoms in total. The quantitative estimate of drug-likeness (QED) is 0.147. The molecule has 1 heterocycles. The second-order valence-electron chi connectivity index (χ2n) is 19.9. The molecule has 75 heavy (non-hydrogen) atoms. The summed E-state index contributed by atoms with van der Waals surface area (Å²) in [4.78, 5) is 2.52. The Kier molecular flexibility index (Phi) is 9.83. The molecule has 0 saturated carbocycles. The molecule has 350 valence electrons. The fraction of sp³-hybridized carbons (Fsp3) is 0.0137. The highest BCUT2D eigenvalue weighted by Crippen LogP contribution is 2.63. The number of para-hydroxylation sites is 2. The Balaban J connectivity index is 0.996. The molecule has 1 aromatic heterocycles. The highest BCUT2D eigenvalue weighted by atomic mass is 15.1. The first-order valence-corrected chi connectivity index (χ1v) is 26.0. The van der Waals surface area contributed by atoms with Crippen LogP contribution in [0.2, 0.25) is 0 Å². The average Bonchev–Trinajstić information content (AvgIpc) is 4.30. The molecule has 1 spiro atoms. The fourth-order valence-corrected chi connectivity index (χ4v) is 12.9. The van der Waals surface area contributed by atoms with E-state index in [0.717, 1.165) is 39.4 Å². The van der Waals surface area contributed by atoms with Crippen LogP contribution in [0.5, 0.6) is 0 Å². The normalized spacial score (nSPS) is 12.6. The maximum atomic E-state index is 2.52. The van der Waals surface area contributed by atoms with Gasteiger partial charge in [0.25, 0.3) is 0 Å². The van der Waals surface area contributed by atoms with E-state index in [1.807, 2.05) is 0 Å². The molecule has 0 fully saturated rings. The Hall–Kier alpha value is -9.76. The molecular weight excluding hydrogens is 905 g/mol. The van der Waals surface area contributed by atoms with Crippen molar-refractivity contribution >= 4 is 38.9 Å². The van der Waals surface area contributed by atoms with Crippen LogP contribution in [-0.2, 0) is 5.41 Å². The van der Waals surface area contributed by atoms with E-state index in [4.69, 9.17) is 0 Å². The summed E-state index contributed by atoms with van der Waals surface area (Å²) in [5.41, 5.74) is 26.1. The van der Waals surface area contributed by atoms with Gasteiger partial charge < -0.3 is 9.47 Å². The minimum atomic E-state index is -0.448. The summed E-state index contributed by atoms with van der Waals surface area (Å²) in [6.07, 6.45) is 0. The SMILES string of the molecule is c1ccc(-c2ccccc2-c2c(-c3ccccc3)cccc2N(c2cccc(-c3ccc4c5ccccc5n(-c5ccccc5)c4c3)c2)c2ccc3c(c2)-c2ccccc2C32c3ccccc3-c3ccccc32)cc1. The van der Waals surface area contributed by atoms with Gasteiger partial charge in [-0.05, 0) is 138 Å². The van der Waals surface area contributed by atoms with Crippen LogP contribution in [-0.4, -0.2) is 4.57 Å². The first-order chi connectivity index (χ1) is 37.2. The van der Waals surface area contributed by atoms with Gasteiger partial charge in [0.2, 0.25) is 0 Å². The maximum absolute atomic E-state index is 2.52. The van der Waals surface area contributed by atoms with E-state index in [9.17, 15) is 0 Å². The van der Waals surface area contributed by atoms with Gasteiger partial charge in [0, 0.05) is 33.4 Å².